The molecule has 2 nitrogen and oxygen atoms in total. The molecule has 0 saturated carbocycles. The van der Waals surface area contributed by atoms with E-state index in [4.69, 9.17) is 0 Å². The highest BCUT2D eigenvalue weighted by Gasteiger charge is 1.80. The Morgan fingerprint density at radius 2 is 1.80 bits per heavy atom. The number of carbonyl (C=O) groups is 1. The van der Waals surface area contributed by atoms with E-state index >= 15 is 0 Å². The van der Waals surface area contributed by atoms with E-state index in [1.807, 2.05) is 13.8 Å². The molecule has 0 unspecified atom stereocenters. The Labute approximate surface area is 60.9 Å². The highest BCUT2D eigenvalue weighted by Crippen LogP contribution is 1.88. The lowest BCUT2D eigenvalue weighted by Gasteiger charge is -1.81. The van der Waals surface area contributed by atoms with E-state index in [-0.39, 0.29) is 0 Å². The molecule has 1 rings (SSSR count). The quantitative estimate of drug-likeness (QED) is 0.553. The van der Waals surface area contributed by atoms with E-state index in [0.717, 1.165) is 6.29 Å². The lowest BCUT2D eigenvalue weighted by Crippen LogP contribution is -1.76. The van der Waals surface area contributed by atoms with Crippen molar-refractivity contribution >= 4 is 6.29 Å². The van der Waals surface area contributed by atoms with E-state index in [1.165, 1.54) is 0 Å². The van der Waals surface area contributed by atoms with E-state index in [0.29, 0.717) is 5.56 Å². The van der Waals surface area contributed by atoms with Crippen molar-refractivity contribution in [2.45, 2.75) is 13.8 Å². The van der Waals surface area contributed by atoms with Crippen LogP contribution in [0.1, 0.15) is 24.2 Å². The van der Waals surface area contributed by atoms with Crippen LogP contribution in [0.25, 0.3) is 0 Å². The van der Waals surface area contributed by atoms with Gasteiger partial charge in [0.1, 0.15) is 6.29 Å². The Kier molecular flexibility index (Phi) is 5.25. The Morgan fingerprint density at radius 1 is 1.30 bits per heavy atom. The predicted octanol–water partition coefficient (Wildman–Crippen LogP) is 1.92. The summed E-state index contributed by atoms with van der Waals surface area (Å²) in [6.45, 7) is 4.00. The molecule has 0 fully saturated rings. The molecular formula is C8H11NO. The summed E-state index contributed by atoms with van der Waals surface area (Å²) in [6.07, 6.45) is 3.97. The Balaban J connectivity index is 0.000000371. The number of hydrogen-bond acceptors (Lipinski definition) is 2. The van der Waals surface area contributed by atoms with Gasteiger partial charge in [-0.25, -0.2) is 0 Å². The number of aldehydes is 1. The third kappa shape index (κ3) is 2.97. The molecule has 0 aliphatic heterocycles. The standard InChI is InChI=1S/C6H5NO.C2H6/c8-5-6-1-3-7-4-2-6;1-2/h1-5H;1-2H3. The highest BCUT2D eigenvalue weighted by molar-refractivity contribution is 5.73. The SMILES string of the molecule is CC.O=Cc1ccncc1. The second-order valence-electron chi connectivity index (χ2n) is 1.40. The van der Waals surface area contributed by atoms with Gasteiger partial charge in [-0.3, -0.25) is 9.78 Å². The van der Waals surface area contributed by atoms with Gasteiger partial charge in [-0.2, -0.15) is 0 Å². The summed E-state index contributed by atoms with van der Waals surface area (Å²) in [5.41, 5.74) is 0.667. The molecule has 0 amide bonds. The second kappa shape index (κ2) is 5.95. The van der Waals surface area contributed by atoms with E-state index in [9.17, 15) is 4.79 Å². The Bertz CT molecular complexity index is 172. The van der Waals surface area contributed by atoms with Gasteiger partial charge in [-0.15, -0.1) is 0 Å². The molecule has 0 aliphatic rings. The lowest BCUT2D eigenvalue weighted by atomic mass is 10.3. The predicted molar refractivity (Wildman–Crippen MR) is 41.0 cm³/mol. The number of hydrogen-bond donors (Lipinski definition) is 0. The third-order valence-electron chi connectivity index (χ3n) is 0.842. The molecule has 0 N–H and O–H groups in total. The normalized spacial score (nSPS) is 7.40. The van der Waals surface area contributed by atoms with Crippen LogP contribution in [0.5, 0.6) is 0 Å². The molecule has 0 aliphatic carbocycles. The summed E-state index contributed by atoms with van der Waals surface area (Å²) in [6, 6.07) is 3.32. The van der Waals surface area contributed by atoms with Crippen LogP contribution in [0.3, 0.4) is 0 Å². The van der Waals surface area contributed by atoms with Gasteiger partial charge in [0.05, 0.1) is 0 Å². The molecular weight excluding hydrogens is 126 g/mol. The largest absolute Gasteiger partial charge is 0.298 e. The minimum absolute atomic E-state index is 0.667. The fourth-order valence-corrected chi connectivity index (χ4v) is 0.442. The van der Waals surface area contributed by atoms with Crippen molar-refractivity contribution in [1.29, 1.82) is 0 Å². The van der Waals surface area contributed by atoms with Crippen LogP contribution < -0.4 is 0 Å². The minimum Gasteiger partial charge on any atom is -0.298 e. The van der Waals surface area contributed by atoms with Gasteiger partial charge < -0.3 is 0 Å². The molecule has 1 aromatic rings. The van der Waals surface area contributed by atoms with Crippen molar-refractivity contribution in [2.75, 3.05) is 0 Å². The third-order valence-corrected chi connectivity index (χ3v) is 0.842. The number of aromatic nitrogens is 1. The van der Waals surface area contributed by atoms with Crippen LogP contribution in [0.4, 0.5) is 0 Å². The molecule has 1 aromatic heterocycles. The zero-order valence-electron chi connectivity index (χ0n) is 6.24. The molecule has 0 atom stereocenters. The first kappa shape index (κ1) is 8.82. The minimum atomic E-state index is 0.667. The van der Waals surface area contributed by atoms with Gasteiger partial charge in [0.2, 0.25) is 0 Å². The fourth-order valence-electron chi connectivity index (χ4n) is 0.442. The average Bonchev–Trinajstić information content (AvgIpc) is 2.10. The zero-order valence-corrected chi connectivity index (χ0v) is 6.24. The molecule has 10 heavy (non-hydrogen) atoms. The van der Waals surface area contributed by atoms with Crippen LogP contribution in [0, 0.1) is 0 Å². The van der Waals surface area contributed by atoms with Gasteiger partial charge in [-0.1, -0.05) is 13.8 Å². The van der Waals surface area contributed by atoms with Gasteiger partial charge in [-0.05, 0) is 12.1 Å². The van der Waals surface area contributed by atoms with Crippen LogP contribution in [-0.2, 0) is 0 Å². The molecule has 1 heterocycles. The fraction of sp³-hybridized carbons (Fsp3) is 0.250. The molecule has 2 heteroatoms. The van der Waals surface area contributed by atoms with Crippen molar-refractivity contribution in [1.82, 2.24) is 4.98 Å². The number of rotatable bonds is 1. The van der Waals surface area contributed by atoms with Crippen LogP contribution in [0.15, 0.2) is 24.5 Å². The first-order chi connectivity index (χ1) is 4.93. The summed E-state index contributed by atoms with van der Waals surface area (Å²) in [7, 11) is 0. The van der Waals surface area contributed by atoms with E-state index in [2.05, 4.69) is 4.98 Å². The van der Waals surface area contributed by atoms with Crippen LogP contribution >= 0.6 is 0 Å². The highest BCUT2D eigenvalue weighted by atomic mass is 16.1. The summed E-state index contributed by atoms with van der Waals surface area (Å²) < 4.78 is 0. The topological polar surface area (TPSA) is 30.0 Å². The molecule has 0 saturated heterocycles. The second-order valence-corrected chi connectivity index (χ2v) is 1.40. The molecule has 0 spiro atoms. The number of nitrogens with zero attached hydrogens (tertiary/aromatic N) is 1. The maximum absolute atomic E-state index is 9.98. The van der Waals surface area contributed by atoms with Crippen LogP contribution in [-0.4, -0.2) is 11.3 Å². The van der Waals surface area contributed by atoms with Crippen molar-refractivity contribution in [3.05, 3.63) is 30.1 Å². The van der Waals surface area contributed by atoms with Crippen molar-refractivity contribution in [2.24, 2.45) is 0 Å². The number of pyridine rings is 1. The first-order valence-corrected chi connectivity index (χ1v) is 3.28. The maximum atomic E-state index is 9.98. The van der Waals surface area contributed by atoms with Gasteiger partial charge in [0.25, 0.3) is 0 Å². The van der Waals surface area contributed by atoms with Crippen molar-refractivity contribution in [3.8, 4) is 0 Å². The average molecular weight is 137 g/mol. The van der Waals surface area contributed by atoms with Crippen LogP contribution in [0.2, 0.25) is 0 Å². The van der Waals surface area contributed by atoms with Crippen molar-refractivity contribution < 1.29 is 4.79 Å². The maximum Gasteiger partial charge on any atom is 0.150 e. The van der Waals surface area contributed by atoms with E-state index in [1.54, 1.807) is 24.5 Å². The Morgan fingerprint density at radius 3 is 2.10 bits per heavy atom. The Hall–Kier alpha value is -1.18. The van der Waals surface area contributed by atoms with Gasteiger partial charge in [0, 0.05) is 18.0 Å². The van der Waals surface area contributed by atoms with Gasteiger partial charge in [0.15, 0.2) is 0 Å². The molecule has 0 radical (unpaired) electrons. The summed E-state index contributed by atoms with van der Waals surface area (Å²) >= 11 is 0. The molecule has 0 bridgehead atoms. The summed E-state index contributed by atoms with van der Waals surface area (Å²) in [5.74, 6) is 0. The molecule has 0 aromatic carbocycles. The lowest BCUT2D eigenvalue weighted by molar-refractivity contribution is 0.112. The first-order valence-electron chi connectivity index (χ1n) is 3.28. The van der Waals surface area contributed by atoms with Gasteiger partial charge >= 0.3 is 0 Å². The number of carbonyl (C=O) groups excluding carboxylic acids is 1. The molecule has 54 valence electrons. The monoisotopic (exact) mass is 137 g/mol. The van der Waals surface area contributed by atoms with E-state index < -0.39 is 0 Å². The zero-order chi connectivity index (χ0) is 7.82. The summed E-state index contributed by atoms with van der Waals surface area (Å²) in [4.78, 5) is 13.7. The summed E-state index contributed by atoms with van der Waals surface area (Å²) in [5, 5.41) is 0. The smallest absolute Gasteiger partial charge is 0.150 e. The van der Waals surface area contributed by atoms with Crippen molar-refractivity contribution in [3.63, 3.8) is 0 Å².